The number of halogens is 3. The van der Waals surface area contributed by atoms with E-state index in [1.54, 1.807) is 0 Å². The first-order chi connectivity index (χ1) is 8.80. The number of hydrazine groups is 1. The van der Waals surface area contributed by atoms with Crippen LogP contribution in [0.5, 0.6) is 0 Å². The second kappa shape index (κ2) is 7.95. The highest BCUT2D eigenvalue weighted by Gasteiger charge is 2.35. The van der Waals surface area contributed by atoms with E-state index in [2.05, 4.69) is 10.1 Å². The summed E-state index contributed by atoms with van der Waals surface area (Å²) >= 11 is 0. The van der Waals surface area contributed by atoms with Crippen LogP contribution in [-0.4, -0.2) is 47.3 Å². The van der Waals surface area contributed by atoms with E-state index in [1.807, 2.05) is 37.9 Å². The third-order valence-corrected chi connectivity index (χ3v) is 2.00. The predicted octanol–water partition coefficient (Wildman–Crippen LogP) is 1.48. The minimum atomic E-state index is -4.53. The maximum Gasteiger partial charge on any atom is 0.451 e. The summed E-state index contributed by atoms with van der Waals surface area (Å²) in [6.45, 7) is 5.16. The van der Waals surface area contributed by atoms with Gasteiger partial charge in [0.1, 0.15) is 0 Å². The maximum absolute atomic E-state index is 12.2. The molecule has 0 aliphatic rings. The van der Waals surface area contributed by atoms with Crippen LogP contribution in [0.3, 0.4) is 0 Å². The van der Waals surface area contributed by atoms with Crippen LogP contribution in [0.25, 0.3) is 0 Å². The Morgan fingerprint density at radius 3 is 2.21 bits per heavy atom. The average Bonchev–Trinajstić information content (AvgIpc) is 2.80. The Kier molecular flexibility index (Phi) is 7.38. The molecule has 9 heteroatoms. The van der Waals surface area contributed by atoms with E-state index >= 15 is 0 Å². The Hall–Kier alpha value is -1.35. The lowest BCUT2D eigenvalue weighted by Crippen LogP contribution is -2.34. The van der Waals surface area contributed by atoms with Gasteiger partial charge in [0, 0.05) is 6.54 Å². The molecular weight excluding hydrogens is 261 g/mol. The highest BCUT2D eigenvalue weighted by atomic mass is 19.4. The predicted molar refractivity (Wildman–Crippen MR) is 67.4 cm³/mol. The molecule has 0 saturated heterocycles. The minimum Gasteiger partial charge on any atom is -0.309 e. The summed E-state index contributed by atoms with van der Waals surface area (Å²) < 4.78 is 36.7. The van der Waals surface area contributed by atoms with Crippen LogP contribution in [0.15, 0.2) is 0 Å². The van der Waals surface area contributed by atoms with Gasteiger partial charge in [0.25, 0.3) is 5.95 Å². The Bertz CT molecular complexity index is 349. The van der Waals surface area contributed by atoms with Gasteiger partial charge >= 0.3 is 6.18 Å². The highest BCUT2D eigenvalue weighted by molar-refractivity contribution is 5.25. The Labute approximate surface area is 110 Å². The average molecular weight is 282 g/mol. The summed E-state index contributed by atoms with van der Waals surface area (Å²) in [4.78, 5) is 5.23. The molecule has 0 aliphatic carbocycles. The van der Waals surface area contributed by atoms with Crippen molar-refractivity contribution in [1.29, 1.82) is 0 Å². The third-order valence-electron chi connectivity index (χ3n) is 2.00. The molecule has 1 heterocycles. The molecule has 1 aromatic rings. The van der Waals surface area contributed by atoms with Gasteiger partial charge < -0.3 is 4.90 Å². The highest BCUT2D eigenvalue weighted by Crippen LogP contribution is 2.26. The molecule has 6 nitrogen and oxygen atoms in total. The Morgan fingerprint density at radius 1 is 1.21 bits per heavy atom. The first-order valence-electron chi connectivity index (χ1n) is 5.97. The molecule has 0 radical (unpaired) electrons. The number of hydrogen-bond donors (Lipinski definition) is 2. The van der Waals surface area contributed by atoms with E-state index in [0.717, 1.165) is 11.6 Å². The van der Waals surface area contributed by atoms with Crippen LogP contribution in [-0.2, 0) is 6.18 Å². The number of alkyl halides is 3. The fraction of sp³-hybridized carbons (Fsp3) is 0.800. The molecule has 1 rings (SSSR count). The van der Waals surface area contributed by atoms with E-state index in [-0.39, 0.29) is 5.95 Å². The number of hydrogen-bond acceptors (Lipinski definition) is 5. The van der Waals surface area contributed by atoms with E-state index in [1.165, 1.54) is 0 Å². The fourth-order valence-corrected chi connectivity index (χ4v) is 1.17. The van der Waals surface area contributed by atoms with E-state index < -0.39 is 12.0 Å². The molecule has 0 unspecified atom stereocenters. The van der Waals surface area contributed by atoms with Crippen molar-refractivity contribution in [3.8, 4) is 0 Å². The molecule has 3 N–H and O–H groups in total. The van der Waals surface area contributed by atoms with Gasteiger partial charge in [0.2, 0.25) is 5.82 Å². The van der Waals surface area contributed by atoms with Crippen molar-refractivity contribution in [1.82, 2.24) is 20.1 Å². The molecule has 0 amide bonds. The topological polar surface area (TPSA) is 74.1 Å². The Morgan fingerprint density at radius 2 is 1.79 bits per heavy atom. The van der Waals surface area contributed by atoms with Crippen molar-refractivity contribution in [2.45, 2.75) is 26.4 Å². The molecule has 0 bridgehead atoms. The maximum atomic E-state index is 12.2. The third kappa shape index (κ3) is 6.39. The van der Waals surface area contributed by atoms with Crippen LogP contribution in [0.4, 0.5) is 19.1 Å². The summed E-state index contributed by atoms with van der Waals surface area (Å²) in [5.74, 6) is 4.24. The second-order valence-corrected chi connectivity index (χ2v) is 3.83. The lowest BCUT2D eigenvalue weighted by Gasteiger charge is -2.15. The van der Waals surface area contributed by atoms with Crippen molar-refractivity contribution >= 4 is 5.95 Å². The van der Waals surface area contributed by atoms with Gasteiger partial charge in [-0.25, -0.2) is 5.84 Å². The zero-order chi connectivity index (χ0) is 15.1. The molecule has 1 aromatic heterocycles. The molecule has 0 fully saturated rings. The first kappa shape index (κ1) is 17.6. The number of H-pyrrole nitrogens is 1. The van der Waals surface area contributed by atoms with Crippen LogP contribution < -0.4 is 10.9 Å². The number of nitrogens with two attached hydrogens (primary N) is 1. The number of nitrogens with one attached hydrogen (secondary N) is 1. The van der Waals surface area contributed by atoms with Crippen LogP contribution >= 0.6 is 0 Å². The lowest BCUT2D eigenvalue weighted by atomic mass is 10.4. The normalized spacial score (nSPS) is 11.2. The summed E-state index contributed by atoms with van der Waals surface area (Å²) in [6, 6.07) is 0. The number of aromatic nitrogens is 3. The number of anilines is 1. The number of aromatic amines is 1. The monoisotopic (exact) mass is 282 g/mol. The van der Waals surface area contributed by atoms with Gasteiger partial charge in [0.05, 0.1) is 0 Å². The van der Waals surface area contributed by atoms with E-state index in [4.69, 9.17) is 5.84 Å². The van der Waals surface area contributed by atoms with Crippen LogP contribution in [0.2, 0.25) is 0 Å². The van der Waals surface area contributed by atoms with Crippen molar-refractivity contribution in [2.24, 2.45) is 5.84 Å². The number of rotatable bonds is 5. The van der Waals surface area contributed by atoms with Crippen molar-refractivity contribution in [3.05, 3.63) is 5.82 Å². The van der Waals surface area contributed by atoms with Crippen molar-refractivity contribution in [3.63, 3.8) is 0 Å². The zero-order valence-corrected chi connectivity index (χ0v) is 11.6. The van der Waals surface area contributed by atoms with Gasteiger partial charge in [-0.3, -0.25) is 10.1 Å². The van der Waals surface area contributed by atoms with Gasteiger partial charge in [0.15, 0.2) is 0 Å². The second-order valence-electron chi connectivity index (χ2n) is 3.83. The lowest BCUT2D eigenvalue weighted by molar-refractivity contribution is -0.144. The Balaban J connectivity index is 0.00000154. The van der Waals surface area contributed by atoms with Crippen LogP contribution in [0, 0.1) is 0 Å². The summed E-state index contributed by atoms with van der Waals surface area (Å²) in [6.07, 6.45) is -3.82. The molecule has 112 valence electrons. The van der Waals surface area contributed by atoms with Crippen molar-refractivity contribution in [2.75, 3.05) is 32.2 Å². The summed E-state index contributed by atoms with van der Waals surface area (Å²) in [5, 5.41) is 6.31. The van der Waals surface area contributed by atoms with E-state index in [0.29, 0.717) is 13.0 Å². The zero-order valence-electron chi connectivity index (χ0n) is 11.6. The molecule has 0 aromatic carbocycles. The SMILES string of the molecule is CC.CN(C)CCCN(N)c1n[nH]c(C(F)(F)F)n1. The summed E-state index contributed by atoms with van der Waals surface area (Å²) in [7, 11) is 3.80. The van der Waals surface area contributed by atoms with Gasteiger partial charge in [-0.2, -0.15) is 18.2 Å². The van der Waals surface area contributed by atoms with Crippen molar-refractivity contribution < 1.29 is 13.2 Å². The fourth-order valence-electron chi connectivity index (χ4n) is 1.17. The minimum absolute atomic E-state index is 0.156. The largest absolute Gasteiger partial charge is 0.451 e. The van der Waals surface area contributed by atoms with Gasteiger partial charge in [-0.15, -0.1) is 5.10 Å². The first-order valence-corrected chi connectivity index (χ1v) is 5.97. The molecule has 0 aliphatic heterocycles. The quantitative estimate of drug-likeness (QED) is 0.632. The molecule has 0 spiro atoms. The molecule has 0 atom stereocenters. The molecular formula is C10H21F3N6. The summed E-state index contributed by atoms with van der Waals surface area (Å²) in [5.41, 5.74) is 0. The van der Waals surface area contributed by atoms with Crippen LogP contribution in [0.1, 0.15) is 26.1 Å². The number of nitrogens with zero attached hydrogens (tertiary/aromatic N) is 4. The smallest absolute Gasteiger partial charge is 0.309 e. The van der Waals surface area contributed by atoms with Gasteiger partial charge in [-0.05, 0) is 27.1 Å². The van der Waals surface area contributed by atoms with Gasteiger partial charge in [-0.1, -0.05) is 13.8 Å². The van der Waals surface area contributed by atoms with E-state index in [9.17, 15) is 13.2 Å². The molecule has 0 saturated carbocycles. The molecule has 19 heavy (non-hydrogen) atoms. The standard InChI is InChI=1S/C8H15F3N6.C2H6/c1-16(2)4-3-5-17(12)7-13-6(14-15-7)8(9,10)11;1-2/h3-5,12H2,1-2H3,(H,13,14,15);1-2H3.